The minimum Gasteiger partial charge on any atom is -0.484 e. The van der Waals surface area contributed by atoms with Crippen molar-refractivity contribution in [1.82, 2.24) is 14.9 Å². The molecule has 106 valence electrons. The van der Waals surface area contributed by atoms with Gasteiger partial charge in [-0.25, -0.2) is 4.98 Å². The molecule has 1 aromatic heterocycles. The number of aryl methyl sites for hydroxylation is 1. The Bertz CT molecular complexity index is 584. The maximum absolute atomic E-state index is 11.9. The lowest BCUT2D eigenvalue weighted by Gasteiger charge is -2.16. The van der Waals surface area contributed by atoms with Crippen LogP contribution in [-0.2, 0) is 11.3 Å². The molecule has 20 heavy (non-hydrogen) atoms. The quantitative estimate of drug-likeness (QED) is 0.921. The van der Waals surface area contributed by atoms with Gasteiger partial charge >= 0.3 is 0 Å². The smallest absolute Gasteiger partial charge is 0.260 e. The Hall–Kier alpha value is -2.01. The molecular formula is C14H16ClN3O2. The highest BCUT2D eigenvalue weighted by Gasteiger charge is 2.11. The molecule has 1 heterocycles. The topological polar surface area (TPSA) is 58.2 Å². The second-order valence-electron chi connectivity index (χ2n) is 4.49. The monoisotopic (exact) mass is 293 g/mol. The number of halogens is 1. The van der Waals surface area contributed by atoms with E-state index in [-0.39, 0.29) is 12.5 Å². The zero-order valence-corrected chi connectivity index (χ0v) is 12.1. The highest BCUT2D eigenvalue weighted by molar-refractivity contribution is 6.31. The van der Waals surface area contributed by atoms with Gasteiger partial charge in [0.2, 0.25) is 0 Å². The number of nitrogens with zero attached hydrogens (tertiary/aromatic N) is 2. The summed E-state index contributed by atoms with van der Waals surface area (Å²) in [6.07, 6.45) is 3.38. The van der Waals surface area contributed by atoms with E-state index in [2.05, 4.69) is 9.97 Å². The number of aromatic amines is 1. The van der Waals surface area contributed by atoms with E-state index in [0.717, 1.165) is 11.4 Å². The number of hydrogen-bond acceptors (Lipinski definition) is 3. The summed E-state index contributed by atoms with van der Waals surface area (Å²) in [6, 6.07) is 5.31. The number of aromatic nitrogens is 2. The summed E-state index contributed by atoms with van der Waals surface area (Å²) in [6.45, 7) is 2.30. The zero-order valence-electron chi connectivity index (χ0n) is 11.4. The molecule has 0 spiro atoms. The highest BCUT2D eigenvalue weighted by Crippen LogP contribution is 2.20. The highest BCUT2D eigenvalue weighted by atomic mass is 35.5. The SMILES string of the molecule is Cc1cc(OCC(=O)N(C)Cc2ncc[nH]2)ccc1Cl. The number of rotatable bonds is 5. The molecule has 0 bridgehead atoms. The maximum Gasteiger partial charge on any atom is 0.260 e. The van der Waals surface area contributed by atoms with Crippen LogP contribution in [0.25, 0.3) is 0 Å². The molecule has 0 saturated heterocycles. The summed E-state index contributed by atoms with van der Waals surface area (Å²) in [5.74, 6) is 1.25. The van der Waals surface area contributed by atoms with Gasteiger partial charge in [0.1, 0.15) is 11.6 Å². The van der Waals surface area contributed by atoms with E-state index in [0.29, 0.717) is 17.3 Å². The van der Waals surface area contributed by atoms with Gasteiger partial charge in [-0.3, -0.25) is 4.79 Å². The first kappa shape index (κ1) is 14.4. The van der Waals surface area contributed by atoms with Crippen molar-refractivity contribution in [2.75, 3.05) is 13.7 Å². The van der Waals surface area contributed by atoms with Crippen LogP contribution in [0, 0.1) is 6.92 Å². The number of benzene rings is 1. The van der Waals surface area contributed by atoms with Crippen molar-refractivity contribution in [2.24, 2.45) is 0 Å². The van der Waals surface area contributed by atoms with Crippen LogP contribution in [0.15, 0.2) is 30.6 Å². The van der Waals surface area contributed by atoms with Gasteiger partial charge in [-0.2, -0.15) is 0 Å². The number of carbonyl (C=O) groups is 1. The lowest BCUT2D eigenvalue weighted by atomic mass is 10.2. The second-order valence-corrected chi connectivity index (χ2v) is 4.89. The van der Waals surface area contributed by atoms with Crippen molar-refractivity contribution in [3.05, 3.63) is 47.0 Å². The molecule has 0 aliphatic heterocycles. The third kappa shape index (κ3) is 3.74. The molecule has 5 nitrogen and oxygen atoms in total. The van der Waals surface area contributed by atoms with Crippen LogP contribution in [0.1, 0.15) is 11.4 Å². The number of amides is 1. The maximum atomic E-state index is 11.9. The zero-order chi connectivity index (χ0) is 14.5. The van der Waals surface area contributed by atoms with E-state index in [9.17, 15) is 4.79 Å². The Kier molecular flexibility index (Phi) is 4.63. The van der Waals surface area contributed by atoms with E-state index < -0.39 is 0 Å². The van der Waals surface area contributed by atoms with E-state index >= 15 is 0 Å². The molecule has 2 rings (SSSR count). The van der Waals surface area contributed by atoms with Crippen molar-refractivity contribution in [3.8, 4) is 5.75 Å². The largest absolute Gasteiger partial charge is 0.484 e. The minimum absolute atomic E-state index is 0.0156. The molecule has 0 radical (unpaired) electrons. The fraction of sp³-hybridized carbons (Fsp3) is 0.286. The molecule has 0 unspecified atom stereocenters. The van der Waals surface area contributed by atoms with Gasteiger partial charge < -0.3 is 14.6 Å². The standard InChI is InChI=1S/C14H16ClN3O2/c1-10-7-11(3-4-12(10)15)20-9-14(19)18(2)8-13-16-5-6-17-13/h3-7H,8-9H2,1-2H3,(H,16,17). The Morgan fingerprint density at radius 3 is 2.95 bits per heavy atom. The summed E-state index contributed by atoms with van der Waals surface area (Å²) in [5.41, 5.74) is 0.917. The van der Waals surface area contributed by atoms with Gasteiger partial charge in [0.05, 0.1) is 6.54 Å². The second kappa shape index (κ2) is 6.43. The Morgan fingerprint density at radius 1 is 1.50 bits per heavy atom. The summed E-state index contributed by atoms with van der Waals surface area (Å²) >= 11 is 5.93. The van der Waals surface area contributed by atoms with Crippen LogP contribution in [0.3, 0.4) is 0 Å². The molecule has 0 atom stereocenters. The number of ether oxygens (including phenoxy) is 1. The van der Waals surface area contributed by atoms with E-state index in [1.165, 1.54) is 0 Å². The van der Waals surface area contributed by atoms with Gasteiger partial charge in [0.15, 0.2) is 6.61 Å². The van der Waals surface area contributed by atoms with Crippen molar-refractivity contribution >= 4 is 17.5 Å². The number of hydrogen-bond donors (Lipinski definition) is 1. The fourth-order valence-electron chi connectivity index (χ4n) is 1.66. The number of likely N-dealkylation sites (N-methyl/N-ethyl adjacent to an activating group) is 1. The van der Waals surface area contributed by atoms with Crippen molar-refractivity contribution in [2.45, 2.75) is 13.5 Å². The third-order valence-corrected chi connectivity index (χ3v) is 3.28. The molecule has 0 aliphatic rings. The van der Waals surface area contributed by atoms with Crippen LogP contribution >= 0.6 is 11.6 Å². The first-order chi connectivity index (χ1) is 9.56. The van der Waals surface area contributed by atoms with Gasteiger partial charge in [-0.15, -0.1) is 0 Å². The summed E-state index contributed by atoms with van der Waals surface area (Å²) in [5, 5.41) is 0.679. The predicted molar refractivity (Wildman–Crippen MR) is 76.7 cm³/mol. The molecule has 6 heteroatoms. The van der Waals surface area contributed by atoms with Gasteiger partial charge in [-0.1, -0.05) is 11.6 Å². The summed E-state index contributed by atoms with van der Waals surface area (Å²) in [7, 11) is 1.71. The normalized spacial score (nSPS) is 10.3. The third-order valence-electron chi connectivity index (χ3n) is 2.86. The lowest BCUT2D eigenvalue weighted by Crippen LogP contribution is -2.31. The van der Waals surface area contributed by atoms with Crippen molar-refractivity contribution < 1.29 is 9.53 Å². The van der Waals surface area contributed by atoms with E-state index in [1.54, 1.807) is 36.5 Å². The van der Waals surface area contributed by atoms with Crippen LogP contribution < -0.4 is 4.74 Å². The van der Waals surface area contributed by atoms with Crippen LogP contribution in [-0.4, -0.2) is 34.4 Å². The Labute approximate surface area is 122 Å². The van der Waals surface area contributed by atoms with Crippen molar-refractivity contribution in [1.29, 1.82) is 0 Å². The van der Waals surface area contributed by atoms with Gasteiger partial charge in [0, 0.05) is 24.5 Å². The van der Waals surface area contributed by atoms with Crippen LogP contribution in [0.4, 0.5) is 0 Å². The fourth-order valence-corrected chi connectivity index (χ4v) is 1.78. The number of nitrogens with one attached hydrogen (secondary N) is 1. The predicted octanol–water partition coefficient (Wildman–Crippen LogP) is 2.41. The molecule has 0 saturated carbocycles. The first-order valence-corrected chi connectivity index (χ1v) is 6.55. The van der Waals surface area contributed by atoms with E-state index in [1.807, 2.05) is 13.0 Å². The van der Waals surface area contributed by atoms with E-state index in [4.69, 9.17) is 16.3 Å². The molecular weight excluding hydrogens is 278 g/mol. The molecule has 1 aromatic carbocycles. The van der Waals surface area contributed by atoms with Crippen LogP contribution in [0.5, 0.6) is 5.75 Å². The average molecular weight is 294 g/mol. The van der Waals surface area contributed by atoms with Crippen molar-refractivity contribution in [3.63, 3.8) is 0 Å². The van der Waals surface area contributed by atoms with Gasteiger partial charge in [0.25, 0.3) is 5.91 Å². The first-order valence-electron chi connectivity index (χ1n) is 6.17. The van der Waals surface area contributed by atoms with Crippen LogP contribution in [0.2, 0.25) is 5.02 Å². The molecule has 1 amide bonds. The van der Waals surface area contributed by atoms with Gasteiger partial charge in [-0.05, 0) is 30.7 Å². The molecule has 2 aromatic rings. The number of imidazole rings is 1. The summed E-state index contributed by atoms with van der Waals surface area (Å²) < 4.78 is 5.46. The molecule has 0 fully saturated rings. The average Bonchev–Trinajstić information content (AvgIpc) is 2.92. The molecule has 1 N–H and O–H groups in total. The molecule has 0 aliphatic carbocycles. The minimum atomic E-state index is -0.117. The Morgan fingerprint density at radius 2 is 2.30 bits per heavy atom. The number of carbonyl (C=O) groups excluding carboxylic acids is 1. The summed E-state index contributed by atoms with van der Waals surface area (Å²) in [4.78, 5) is 20.5. The lowest BCUT2D eigenvalue weighted by molar-refractivity contribution is -0.132. The number of H-pyrrole nitrogens is 1. The Balaban J connectivity index is 1.86.